The number of carboxylic acids is 1. The SMILES string of the molecule is O=C(O)Cc1nnc(-c2cc(Cl)cc(-c3ccnnc3)c2)o1.[LiH]. The van der Waals surface area contributed by atoms with E-state index in [0.29, 0.717) is 10.6 Å². The Labute approximate surface area is 147 Å². The number of hydrogen-bond acceptors (Lipinski definition) is 6. The Hall–Kier alpha value is -2.20. The molecule has 0 aliphatic rings. The van der Waals surface area contributed by atoms with E-state index < -0.39 is 5.97 Å². The number of benzene rings is 1. The van der Waals surface area contributed by atoms with E-state index in [0.717, 1.165) is 11.1 Å². The molecule has 112 valence electrons. The summed E-state index contributed by atoms with van der Waals surface area (Å²) in [5, 5.41) is 24.3. The molecule has 0 saturated carbocycles. The van der Waals surface area contributed by atoms with E-state index in [4.69, 9.17) is 21.1 Å². The molecule has 7 nitrogen and oxygen atoms in total. The fraction of sp³-hybridized carbons (Fsp3) is 0.0714. The molecule has 2 aromatic heterocycles. The van der Waals surface area contributed by atoms with Crippen molar-refractivity contribution in [1.82, 2.24) is 20.4 Å². The second-order valence-electron chi connectivity index (χ2n) is 4.43. The van der Waals surface area contributed by atoms with Gasteiger partial charge >= 0.3 is 24.8 Å². The predicted molar refractivity (Wildman–Crippen MR) is 84.3 cm³/mol. The predicted octanol–water partition coefficient (Wildman–Crippen LogP) is 1.83. The zero-order valence-electron chi connectivity index (χ0n) is 11.1. The molecule has 2 heterocycles. The number of hydrogen-bond donors (Lipinski definition) is 1. The van der Waals surface area contributed by atoms with Gasteiger partial charge in [0.05, 0.1) is 12.4 Å². The van der Waals surface area contributed by atoms with Crippen LogP contribution in [0.4, 0.5) is 0 Å². The summed E-state index contributed by atoms with van der Waals surface area (Å²) >= 11 is 6.12. The summed E-state index contributed by atoms with van der Waals surface area (Å²) in [4.78, 5) is 10.6. The summed E-state index contributed by atoms with van der Waals surface area (Å²) in [6, 6.07) is 7.04. The molecule has 1 N–H and O–H groups in total. The Kier molecular flexibility index (Phi) is 5.50. The Morgan fingerprint density at radius 1 is 1.13 bits per heavy atom. The molecule has 0 bridgehead atoms. The quantitative estimate of drug-likeness (QED) is 0.730. The summed E-state index contributed by atoms with van der Waals surface area (Å²) in [5.74, 6) is -0.790. The van der Waals surface area contributed by atoms with Gasteiger partial charge in [-0.25, -0.2) is 0 Å². The van der Waals surface area contributed by atoms with Crippen LogP contribution in [-0.2, 0) is 11.2 Å². The molecule has 0 unspecified atom stereocenters. The van der Waals surface area contributed by atoms with Crippen molar-refractivity contribution < 1.29 is 14.3 Å². The second kappa shape index (κ2) is 7.38. The van der Waals surface area contributed by atoms with E-state index in [9.17, 15) is 4.79 Å². The van der Waals surface area contributed by atoms with E-state index in [1.54, 1.807) is 36.7 Å². The Balaban J connectivity index is 0.00000192. The summed E-state index contributed by atoms with van der Waals surface area (Å²) in [5.41, 5.74) is 2.25. The van der Waals surface area contributed by atoms with Gasteiger partial charge in [-0.05, 0) is 29.8 Å². The monoisotopic (exact) mass is 324 g/mol. The van der Waals surface area contributed by atoms with Crippen LogP contribution < -0.4 is 0 Å². The fourth-order valence-electron chi connectivity index (χ4n) is 1.91. The van der Waals surface area contributed by atoms with Crippen molar-refractivity contribution in [3.05, 3.63) is 47.6 Å². The minimum atomic E-state index is -1.04. The van der Waals surface area contributed by atoms with Crippen LogP contribution >= 0.6 is 11.6 Å². The second-order valence-corrected chi connectivity index (χ2v) is 4.87. The van der Waals surface area contributed by atoms with Gasteiger partial charge in [0, 0.05) is 16.1 Å². The van der Waals surface area contributed by atoms with Crippen molar-refractivity contribution in [3.63, 3.8) is 0 Å². The number of carbonyl (C=O) groups is 1. The summed E-state index contributed by atoms with van der Waals surface area (Å²) < 4.78 is 5.34. The average molecular weight is 325 g/mol. The molecule has 0 spiro atoms. The first-order valence-electron chi connectivity index (χ1n) is 6.24. The Bertz CT molecular complexity index is 826. The van der Waals surface area contributed by atoms with Gasteiger partial charge in [0.15, 0.2) is 0 Å². The van der Waals surface area contributed by atoms with Crippen molar-refractivity contribution in [2.45, 2.75) is 6.42 Å². The van der Waals surface area contributed by atoms with E-state index >= 15 is 0 Å². The molecule has 1 aromatic carbocycles. The van der Waals surface area contributed by atoms with Gasteiger partial charge in [0.2, 0.25) is 11.8 Å². The summed E-state index contributed by atoms with van der Waals surface area (Å²) in [6.45, 7) is 0. The van der Waals surface area contributed by atoms with Crippen LogP contribution in [0.3, 0.4) is 0 Å². The van der Waals surface area contributed by atoms with Crippen LogP contribution in [0.1, 0.15) is 5.89 Å². The zero-order chi connectivity index (χ0) is 15.5. The molecule has 0 saturated heterocycles. The fourth-order valence-corrected chi connectivity index (χ4v) is 2.15. The first-order valence-corrected chi connectivity index (χ1v) is 6.62. The van der Waals surface area contributed by atoms with Gasteiger partial charge in [-0.2, -0.15) is 10.2 Å². The van der Waals surface area contributed by atoms with Crippen molar-refractivity contribution in [3.8, 4) is 22.6 Å². The van der Waals surface area contributed by atoms with Crippen molar-refractivity contribution >= 4 is 36.4 Å². The first kappa shape index (κ1) is 17.2. The van der Waals surface area contributed by atoms with Gasteiger partial charge in [-0.1, -0.05) is 11.6 Å². The number of carboxylic acid groups (broad SMARTS) is 1. The maximum absolute atomic E-state index is 10.6. The molecule has 0 fully saturated rings. The number of aromatic nitrogens is 4. The van der Waals surface area contributed by atoms with Crippen LogP contribution in [0.25, 0.3) is 22.6 Å². The first-order chi connectivity index (χ1) is 10.6. The molecule has 0 atom stereocenters. The summed E-state index contributed by atoms with van der Waals surface area (Å²) in [6.07, 6.45) is 2.86. The van der Waals surface area contributed by atoms with Crippen LogP contribution in [0, 0.1) is 0 Å². The van der Waals surface area contributed by atoms with E-state index in [-0.39, 0.29) is 37.1 Å². The molecule has 0 radical (unpaired) electrons. The normalized spacial score (nSPS) is 10.1. The number of halogens is 1. The van der Waals surface area contributed by atoms with Crippen molar-refractivity contribution in [2.75, 3.05) is 0 Å². The van der Waals surface area contributed by atoms with Crippen LogP contribution in [0.2, 0.25) is 5.02 Å². The van der Waals surface area contributed by atoms with Crippen molar-refractivity contribution in [1.29, 1.82) is 0 Å². The molecular weight excluding hydrogens is 315 g/mol. The van der Waals surface area contributed by atoms with Crippen molar-refractivity contribution in [2.24, 2.45) is 0 Å². The van der Waals surface area contributed by atoms with Gasteiger partial charge in [0.25, 0.3) is 0 Å². The molecule has 23 heavy (non-hydrogen) atoms. The zero-order valence-corrected chi connectivity index (χ0v) is 11.9. The van der Waals surface area contributed by atoms with Crippen LogP contribution in [0.5, 0.6) is 0 Å². The molecule has 0 aliphatic carbocycles. The van der Waals surface area contributed by atoms with Gasteiger partial charge in [-0.3, -0.25) is 4.79 Å². The molecule has 0 amide bonds. The standard InChI is InChI=1S/C14H9ClN4O3.Li.H/c15-11-4-9(8-1-2-16-17-7-8)3-10(5-11)14-19-18-12(22-14)6-13(20)21;;/h1-5,7H,6H2,(H,20,21);;. The third-order valence-corrected chi connectivity index (χ3v) is 3.05. The molecule has 3 rings (SSSR count). The Morgan fingerprint density at radius 2 is 1.91 bits per heavy atom. The number of nitrogens with zero attached hydrogens (tertiary/aromatic N) is 4. The number of rotatable bonds is 4. The summed E-state index contributed by atoms with van der Waals surface area (Å²) in [7, 11) is 0. The Morgan fingerprint density at radius 3 is 2.61 bits per heavy atom. The topological polar surface area (TPSA) is 102 Å². The average Bonchev–Trinajstić information content (AvgIpc) is 2.95. The van der Waals surface area contributed by atoms with Gasteiger partial charge < -0.3 is 9.52 Å². The number of aliphatic carboxylic acids is 1. The molecule has 9 heteroatoms. The molecule has 3 aromatic rings. The third kappa shape index (κ3) is 4.17. The van der Waals surface area contributed by atoms with Crippen LogP contribution in [-0.4, -0.2) is 50.3 Å². The minimum absolute atomic E-state index is 0. The maximum atomic E-state index is 10.6. The molecule has 0 aliphatic heterocycles. The molecular formula is C14H10ClLiN4O3. The van der Waals surface area contributed by atoms with E-state index in [1.807, 2.05) is 0 Å². The third-order valence-electron chi connectivity index (χ3n) is 2.83. The van der Waals surface area contributed by atoms with E-state index in [1.165, 1.54) is 0 Å². The van der Waals surface area contributed by atoms with E-state index in [2.05, 4.69) is 20.4 Å². The van der Waals surface area contributed by atoms with Crippen LogP contribution in [0.15, 0.2) is 41.1 Å². The van der Waals surface area contributed by atoms with Gasteiger partial charge in [0.1, 0.15) is 6.42 Å². The van der Waals surface area contributed by atoms with Gasteiger partial charge in [-0.15, -0.1) is 10.2 Å².